The molecule has 0 radical (unpaired) electrons. The van der Waals surface area contributed by atoms with Crippen LogP contribution in [-0.2, 0) is 0 Å². The Morgan fingerprint density at radius 2 is 1.88 bits per heavy atom. The Morgan fingerprint density at radius 1 is 1.17 bits per heavy atom. The third-order valence-electron chi connectivity index (χ3n) is 7.78. The predicted octanol–water partition coefficient (Wildman–Crippen LogP) is 2.25. The summed E-state index contributed by atoms with van der Waals surface area (Å²) in [4.78, 5) is 0. The van der Waals surface area contributed by atoms with E-state index in [1.807, 2.05) is 6.92 Å². The van der Waals surface area contributed by atoms with Gasteiger partial charge in [-0.15, -0.1) is 0 Å². The van der Waals surface area contributed by atoms with Gasteiger partial charge in [0.05, 0.1) is 18.8 Å². The van der Waals surface area contributed by atoms with Crippen LogP contribution in [0.3, 0.4) is 0 Å². The first-order valence-electron chi connectivity index (χ1n) is 9.50. The van der Waals surface area contributed by atoms with Gasteiger partial charge in [0, 0.05) is 12.0 Å². The molecule has 7 atom stereocenters. The largest absolute Gasteiger partial charge is 0.396 e. The van der Waals surface area contributed by atoms with Gasteiger partial charge in [-0.05, 0) is 54.8 Å². The molecule has 4 nitrogen and oxygen atoms in total. The lowest BCUT2D eigenvalue weighted by Gasteiger charge is -2.61. The van der Waals surface area contributed by atoms with Gasteiger partial charge in [-0.2, -0.15) is 0 Å². The van der Waals surface area contributed by atoms with E-state index >= 15 is 0 Å². The molecule has 2 saturated carbocycles. The molecule has 0 heterocycles. The number of aliphatic hydroxyl groups is 4. The topological polar surface area (TPSA) is 80.9 Å². The Morgan fingerprint density at radius 3 is 2.50 bits per heavy atom. The zero-order valence-electron chi connectivity index (χ0n) is 15.3. The van der Waals surface area contributed by atoms with E-state index in [2.05, 4.69) is 19.9 Å². The van der Waals surface area contributed by atoms with Gasteiger partial charge in [-0.1, -0.05) is 38.8 Å². The van der Waals surface area contributed by atoms with Crippen molar-refractivity contribution in [1.82, 2.24) is 0 Å². The predicted molar refractivity (Wildman–Crippen MR) is 93.3 cm³/mol. The fraction of sp³-hybridized carbons (Fsp3) is 0.900. The molecular weight excluding hydrogens is 304 g/mol. The molecule has 0 bridgehead atoms. The maximum atomic E-state index is 11.0. The van der Waals surface area contributed by atoms with Gasteiger partial charge in [0.1, 0.15) is 0 Å². The molecule has 3 aliphatic carbocycles. The van der Waals surface area contributed by atoms with Crippen molar-refractivity contribution in [3.8, 4) is 0 Å². The fourth-order valence-electron chi connectivity index (χ4n) is 6.47. The minimum absolute atomic E-state index is 0.00469. The number of fused-ring (bicyclic) bond motifs is 3. The Bertz CT molecular complexity index is 518. The number of rotatable bonds is 3. The van der Waals surface area contributed by atoms with Crippen molar-refractivity contribution >= 4 is 0 Å². The zero-order valence-corrected chi connectivity index (χ0v) is 15.3. The average Bonchev–Trinajstić information content (AvgIpc) is 2.53. The van der Waals surface area contributed by atoms with Crippen molar-refractivity contribution in [2.75, 3.05) is 13.2 Å². The molecule has 0 amide bonds. The molecule has 0 aromatic heterocycles. The van der Waals surface area contributed by atoms with Crippen LogP contribution in [0.25, 0.3) is 0 Å². The lowest BCUT2D eigenvalue weighted by Crippen LogP contribution is -2.58. The van der Waals surface area contributed by atoms with Crippen molar-refractivity contribution in [3.63, 3.8) is 0 Å². The second-order valence-corrected chi connectivity index (χ2v) is 9.44. The first-order chi connectivity index (χ1) is 11.2. The van der Waals surface area contributed by atoms with Crippen molar-refractivity contribution in [3.05, 3.63) is 11.6 Å². The van der Waals surface area contributed by atoms with Gasteiger partial charge in [-0.3, -0.25) is 0 Å². The standard InChI is InChI=1S/C20H34O4/c1-18(16(24)11-21)8-5-14-13(10-18)9-15(23)17-19(2,12-22)6-4-7-20(14,17)3/h10,14-17,21-24H,4-9,11-12H2,1-3H3/t14-,15-,16-,17-,18+,19-,20+/m1/s1. The van der Waals surface area contributed by atoms with E-state index in [4.69, 9.17) is 0 Å². The smallest absolute Gasteiger partial charge is 0.0858 e. The summed E-state index contributed by atoms with van der Waals surface area (Å²) in [5.41, 5.74) is 0.650. The van der Waals surface area contributed by atoms with Crippen LogP contribution in [0.4, 0.5) is 0 Å². The van der Waals surface area contributed by atoms with E-state index < -0.39 is 17.6 Å². The molecule has 2 fully saturated rings. The zero-order chi connectivity index (χ0) is 17.8. The summed E-state index contributed by atoms with van der Waals surface area (Å²) in [5.74, 6) is 0.536. The van der Waals surface area contributed by atoms with Gasteiger partial charge in [0.15, 0.2) is 0 Å². The minimum atomic E-state index is -0.748. The molecule has 0 aromatic carbocycles. The molecule has 4 heteroatoms. The van der Waals surface area contributed by atoms with Crippen LogP contribution >= 0.6 is 0 Å². The fourth-order valence-corrected chi connectivity index (χ4v) is 6.47. The van der Waals surface area contributed by atoms with E-state index in [0.29, 0.717) is 12.3 Å². The summed E-state index contributed by atoms with van der Waals surface area (Å²) in [5, 5.41) is 40.6. The van der Waals surface area contributed by atoms with E-state index in [0.717, 1.165) is 32.1 Å². The molecule has 0 unspecified atom stereocenters. The minimum Gasteiger partial charge on any atom is -0.396 e. The van der Waals surface area contributed by atoms with Gasteiger partial charge < -0.3 is 20.4 Å². The first-order valence-corrected chi connectivity index (χ1v) is 9.50. The van der Waals surface area contributed by atoms with Crippen molar-refractivity contribution < 1.29 is 20.4 Å². The summed E-state index contributed by atoms with van der Waals surface area (Å²) in [6.07, 6.45) is 6.60. The quantitative estimate of drug-likeness (QED) is 0.595. The van der Waals surface area contributed by atoms with Gasteiger partial charge in [0.2, 0.25) is 0 Å². The summed E-state index contributed by atoms with van der Waals surface area (Å²) < 4.78 is 0. The molecule has 138 valence electrons. The van der Waals surface area contributed by atoms with Crippen LogP contribution in [0.1, 0.15) is 59.3 Å². The Labute approximate surface area is 145 Å². The van der Waals surface area contributed by atoms with Crippen LogP contribution in [0, 0.1) is 28.1 Å². The number of hydrogen-bond acceptors (Lipinski definition) is 4. The van der Waals surface area contributed by atoms with Crippen molar-refractivity contribution in [2.24, 2.45) is 28.1 Å². The van der Waals surface area contributed by atoms with Crippen LogP contribution in [0.5, 0.6) is 0 Å². The van der Waals surface area contributed by atoms with Crippen LogP contribution in [0.15, 0.2) is 11.6 Å². The Hall–Kier alpha value is -0.420. The molecule has 3 rings (SSSR count). The van der Waals surface area contributed by atoms with E-state index in [9.17, 15) is 20.4 Å². The summed E-state index contributed by atoms with van der Waals surface area (Å²) in [6.45, 7) is 6.36. The number of aliphatic hydroxyl groups excluding tert-OH is 4. The highest BCUT2D eigenvalue weighted by Gasteiger charge is 2.59. The highest BCUT2D eigenvalue weighted by atomic mass is 16.3. The maximum absolute atomic E-state index is 11.0. The van der Waals surface area contributed by atoms with Crippen LogP contribution in [0.2, 0.25) is 0 Å². The molecule has 24 heavy (non-hydrogen) atoms. The maximum Gasteiger partial charge on any atom is 0.0858 e. The van der Waals surface area contributed by atoms with Crippen molar-refractivity contribution in [2.45, 2.75) is 71.5 Å². The Balaban J connectivity index is 1.99. The molecule has 4 N–H and O–H groups in total. The third kappa shape index (κ3) is 2.57. The van der Waals surface area contributed by atoms with Crippen LogP contribution < -0.4 is 0 Å². The van der Waals surface area contributed by atoms with E-state index in [1.54, 1.807) is 0 Å². The van der Waals surface area contributed by atoms with Gasteiger partial charge >= 0.3 is 0 Å². The van der Waals surface area contributed by atoms with Gasteiger partial charge in [-0.25, -0.2) is 0 Å². The summed E-state index contributed by atoms with van der Waals surface area (Å²) >= 11 is 0. The molecule has 0 saturated heterocycles. The lowest BCUT2D eigenvalue weighted by molar-refractivity contribution is -0.147. The van der Waals surface area contributed by atoms with Gasteiger partial charge in [0.25, 0.3) is 0 Å². The molecule has 0 spiro atoms. The van der Waals surface area contributed by atoms with E-state index in [1.165, 1.54) is 5.57 Å². The third-order valence-corrected chi connectivity index (χ3v) is 7.78. The Kier molecular flexibility index (Phi) is 4.66. The first kappa shape index (κ1) is 18.4. The summed E-state index contributed by atoms with van der Waals surface area (Å²) in [6, 6.07) is 0. The lowest BCUT2D eigenvalue weighted by atomic mass is 9.44. The second-order valence-electron chi connectivity index (χ2n) is 9.44. The second kappa shape index (κ2) is 6.08. The normalized spacial score (nSPS) is 49.8. The highest BCUT2D eigenvalue weighted by molar-refractivity contribution is 5.26. The highest BCUT2D eigenvalue weighted by Crippen LogP contribution is 2.63. The molecule has 0 aromatic rings. The number of hydrogen-bond donors (Lipinski definition) is 4. The molecule has 0 aliphatic heterocycles. The van der Waals surface area contributed by atoms with Crippen molar-refractivity contribution in [1.29, 1.82) is 0 Å². The monoisotopic (exact) mass is 338 g/mol. The summed E-state index contributed by atoms with van der Waals surface area (Å²) in [7, 11) is 0. The molecular formula is C20H34O4. The van der Waals surface area contributed by atoms with E-state index in [-0.39, 0.29) is 30.0 Å². The SMILES string of the molecule is C[C@]1(CO)CCC[C@@]2(C)[C@@H]3CC[C@](C)([C@H](O)CO)C=C3C[C@@H](O)[C@H]12. The van der Waals surface area contributed by atoms with Crippen LogP contribution in [-0.4, -0.2) is 45.8 Å². The average molecular weight is 338 g/mol. The molecule has 3 aliphatic rings.